The molecule has 0 atom stereocenters. The van der Waals surface area contributed by atoms with E-state index in [0.717, 1.165) is 0 Å². The number of hydrogen-bond donors (Lipinski definition) is 0. The van der Waals surface area contributed by atoms with E-state index in [1.54, 1.807) is 36.3 Å². The zero-order valence-electron chi connectivity index (χ0n) is 15.7. The first kappa shape index (κ1) is 20.5. The van der Waals surface area contributed by atoms with E-state index in [0.29, 0.717) is 17.1 Å². The van der Waals surface area contributed by atoms with Crippen LogP contribution in [0.1, 0.15) is 33.3 Å². The van der Waals surface area contributed by atoms with Gasteiger partial charge in [0.25, 0.3) is 5.91 Å². The van der Waals surface area contributed by atoms with Crippen LogP contribution in [0.4, 0.5) is 0 Å². The molecule has 0 N–H and O–H groups in total. The van der Waals surface area contributed by atoms with Crippen molar-refractivity contribution in [3.8, 4) is 11.5 Å². The minimum Gasteiger partial charge on any atom is -0.493 e. The van der Waals surface area contributed by atoms with Gasteiger partial charge in [0.05, 0.1) is 14.2 Å². The number of esters is 1. The lowest BCUT2D eigenvalue weighted by Gasteiger charge is -2.30. The van der Waals surface area contributed by atoms with Crippen molar-refractivity contribution in [3.63, 3.8) is 0 Å². The molecule has 25 heavy (non-hydrogen) atoms. The van der Waals surface area contributed by atoms with Crippen molar-refractivity contribution in [2.45, 2.75) is 39.8 Å². The quantitative estimate of drug-likeness (QED) is 0.533. The highest BCUT2D eigenvalue weighted by molar-refractivity contribution is 5.90. The fraction of sp³-hybridized carbons (Fsp3) is 0.474. The first-order chi connectivity index (χ1) is 11.8. The first-order valence-corrected chi connectivity index (χ1v) is 8.18. The fourth-order valence-electron chi connectivity index (χ4n) is 2.63. The van der Waals surface area contributed by atoms with Crippen LogP contribution in [-0.2, 0) is 14.3 Å². The Balaban J connectivity index is 2.72. The van der Waals surface area contributed by atoms with Crippen LogP contribution in [-0.4, -0.2) is 49.7 Å². The van der Waals surface area contributed by atoms with Gasteiger partial charge in [-0.2, -0.15) is 0 Å². The molecule has 0 radical (unpaired) electrons. The Kier molecular flexibility index (Phi) is 7.98. The molecule has 138 valence electrons. The second kappa shape index (κ2) is 9.71. The highest BCUT2D eigenvalue weighted by Gasteiger charge is 2.20. The number of ether oxygens (including phenoxy) is 3. The van der Waals surface area contributed by atoms with E-state index in [1.165, 1.54) is 13.2 Å². The molecule has 0 saturated carbocycles. The van der Waals surface area contributed by atoms with Crippen molar-refractivity contribution >= 4 is 18.0 Å². The molecular formula is C19H27NO5. The van der Waals surface area contributed by atoms with Gasteiger partial charge in [-0.1, -0.05) is 12.1 Å². The molecule has 0 saturated heterocycles. The van der Waals surface area contributed by atoms with Gasteiger partial charge in [-0.15, -0.1) is 0 Å². The molecular weight excluding hydrogens is 322 g/mol. The molecule has 6 heteroatoms. The number of nitrogens with zero attached hydrogens (tertiary/aromatic N) is 1. The zero-order chi connectivity index (χ0) is 19.0. The Bertz CT molecular complexity index is 614. The lowest BCUT2D eigenvalue weighted by molar-refractivity contribution is -0.150. The Hall–Kier alpha value is -2.50. The molecule has 0 aliphatic rings. The minimum atomic E-state index is -0.592. The number of carbonyl (C=O) groups is 2. The minimum absolute atomic E-state index is 0.0442. The van der Waals surface area contributed by atoms with Crippen LogP contribution >= 0.6 is 0 Å². The van der Waals surface area contributed by atoms with E-state index in [-0.39, 0.29) is 24.6 Å². The van der Waals surface area contributed by atoms with Gasteiger partial charge in [0, 0.05) is 23.7 Å². The smallest absolute Gasteiger partial charge is 0.331 e. The van der Waals surface area contributed by atoms with Gasteiger partial charge in [-0.25, -0.2) is 4.79 Å². The molecule has 0 aliphatic heterocycles. The third-order valence-corrected chi connectivity index (χ3v) is 3.57. The summed E-state index contributed by atoms with van der Waals surface area (Å²) in [6.45, 7) is 7.42. The number of benzene rings is 1. The monoisotopic (exact) mass is 349 g/mol. The standard InChI is InChI=1S/C19H27NO5/c1-13(2)20(14(3)4)17(21)12-25-18(22)11-10-15-8-7-9-16(23-5)19(15)24-6/h7-11,13-14H,12H2,1-6H3. The van der Waals surface area contributed by atoms with E-state index >= 15 is 0 Å². The van der Waals surface area contributed by atoms with Gasteiger partial charge in [-0.05, 0) is 39.8 Å². The molecule has 0 heterocycles. The SMILES string of the molecule is COc1cccc(C=CC(=O)OCC(=O)N(C(C)C)C(C)C)c1OC. The van der Waals surface area contributed by atoms with Crippen LogP contribution in [0, 0.1) is 0 Å². The molecule has 1 amide bonds. The first-order valence-electron chi connectivity index (χ1n) is 8.18. The van der Waals surface area contributed by atoms with Crippen LogP contribution in [0.25, 0.3) is 6.08 Å². The number of amides is 1. The van der Waals surface area contributed by atoms with E-state index in [9.17, 15) is 9.59 Å². The highest BCUT2D eigenvalue weighted by Crippen LogP contribution is 2.31. The highest BCUT2D eigenvalue weighted by atomic mass is 16.5. The van der Waals surface area contributed by atoms with Crippen molar-refractivity contribution in [2.24, 2.45) is 0 Å². The summed E-state index contributed by atoms with van der Waals surface area (Å²) < 4.78 is 15.5. The summed E-state index contributed by atoms with van der Waals surface area (Å²) >= 11 is 0. The predicted octanol–water partition coefficient (Wildman–Crippen LogP) is 2.91. The van der Waals surface area contributed by atoms with Crippen molar-refractivity contribution in [1.29, 1.82) is 0 Å². The molecule has 0 aromatic heterocycles. The van der Waals surface area contributed by atoms with Crippen LogP contribution in [0.5, 0.6) is 11.5 Å². The van der Waals surface area contributed by atoms with Gasteiger partial charge in [0.15, 0.2) is 18.1 Å². The zero-order valence-corrected chi connectivity index (χ0v) is 15.7. The summed E-state index contributed by atoms with van der Waals surface area (Å²) in [5.41, 5.74) is 0.677. The lowest BCUT2D eigenvalue weighted by atomic mass is 10.1. The van der Waals surface area contributed by atoms with E-state index in [1.807, 2.05) is 27.7 Å². The van der Waals surface area contributed by atoms with Gasteiger partial charge in [0.1, 0.15) is 0 Å². The topological polar surface area (TPSA) is 65.1 Å². The van der Waals surface area contributed by atoms with Gasteiger partial charge in [-0.3, -0.25) is 4.79 Å². The summed E-state index contributed by atoms with van der Waals surface area (Å²) in [6, 6.07) is 5.43. The summed E-state index contributed by atoms with van der Waals surface area (Å²) in [4.78, 5) is 25.7. The third-order valence-electron chi connectivity index (χ3n) is 3.57. The molecule has 1 aromatic rings. The van der Waals surface area contributed by atoms with Crippen LogP contribution in [0.2, 0.25) is 0 Å². The maximum absolute atomic E-state index is 12.2. The maximum Gasteiger partial charge on any atom is 0.331 e. The molecule has 1 aromatic carbocycles. The second-order valence-corrected chi connectivity index (χ2v) is 6.01. The van der Waals surface area contributed by atoms with Crippen molar-refractivity contribution < 1.29 is 23.8 Å². The molecule has 0 bridgehead atoms. The largest absolute Gasteiger partial charge is 0.493 e. The van der Waals surface area contributed by atoms with Crippen LogP contribution in [0.15, 0.2) is 24.3 Å². The predicted molar refractivity (Wildman–Crippen MR) is 96.7 cm³/mol. The molecule has 0 unspecified atom stereocenters. The Morgan fingerprint density at radius 1 is 1.08 bits per heavy atom. The normalized spacial score (nSPS) is 11.0. The maximum atomic E-state index is 12.2. The number of carbonyl (C=O) groups excluding carboxylic acids is 2. The summed E-state index contributed by atoms with van der Waals surface area (Å²) in [5, 5.41) is 0. The average Bonchev–Trinajstić information content (AvgIpc) is 2.56. The van der Waals surface area contributed by atoms with Gasteiger partial charge in [0.2, 0.25) is 0 Å². The number of methoxy groups -OCH3 is 2. The van der Waals surface area contributed by atoms with Gasteiger partial charge >= 0.3 is 5.97 Å². The molecule has 6 nitrogen and oxygen atoms in total. The Morgan fingerprint density at radius 3 is 2.24 bits per heavy atom. The van der Waals surface area contributed by atoms with Crippen molar-refractivity contribution in [2.75, 3.05) is 20.8 Å². The summed E-state index contributed by atoms with van der Waals surface area (Å²) in [6.07, 6.45) is 2.83. The third kappa shape index (κ3) is 5.81. The van der Waals surface area contributed by atoms with Crippen LogP contribution in [0.3, 0.4) is 0 Å². The average molecular weight is 349 g/mol. The lowest BCUT2D eigenvalue weighted by Crippen LogP contribution is -2.44. The van der Waals surface area contributed by atoms with Crippen LogP contribution < -0.4 is 9.47 Å². The Morgan fingerprint density at radius 2 is 1.72 bits per heavy atom. The molecule has 0 fully saturated rings. The Labute approximate surface area is 149 Å². The number of para-hydroxylation sites is 1. The fourth-order valence-corrected chi connectivity index (χ4v) is 2.63. The number of hydrogen-bond acceptors (Lipinski definition) is 5. The molecule has 1 rings (SSSR count). The molecule has 0 spiro atoms. The van der Waals surface area contributed by atoms with Crippen molar-refractivity contribution in [1.82, 2.24) is 4.90 Å². The second-order valence-electron chi connectivity index (χ2n) is 6.01. The van der Waals surface area contributed by atoms with Gasteiger partial charge < -0.3 is 19.1 Å². The van der Waals surface area contributed by atoms with Crippen molar-refractivity contribution in [3.05, 3.63) is 29.8 Å². The van der Waals surface area contributed by atoms with E-state index in [2.05, 4.69) is 0 Å². The summed E-state index contributed by atoms with van der Waals surface area (Å²) in [7, 11) is 3.07. The summed E-state index contributed by atoms with van der Waals surface area (Å²) in [5.74, 6) is 0.282. The van der Waals surface area contributed by atoms with E-state index in [4.69, 9.17) is 14.2 Å². The molecule has 0 aliphatic carbocycles. The van der Waals surface area contributed by atoms with E-state index < -0.39 is 5.97 Å². The number of rotatable bonds is 8.